The molecule has 3 aromatic rings. The summed E-state index contributed by atoms with van der Waals surface area (Å²) in [6.07, 6.45) is 3.39. The van der Waals surface area contributed by atoms with Crippen molar-refractivity contribution in [2.24, 2.45) is 0 Å². The molecular formula is C20H22FNO3S. The van der Waals surface area contributed by atoms with Crippen molar-refractivity contribution in [3.05, 3.63) is 53.8 Å². The number of nitrogens with zero attached hydrogens (tertiary/aromatic N) is 1. The van der Waals surface area contributed by atoms with Crippen LogP contribution in [0.15, 0.2) is 41.1 Å². The van der Waals surface area contributed by atoms with Crippen LogP contribution < -0.4 is 0 Å². The van der Waals surface area contributed by atoms with E-state index >= 15 is 4.39 Å². The Morgan fingerprint density at radius 3 is 2.69 bits per heavy atom. The summed E-state index contributed by atoms with van der Waals surface area (Å²) in [4.78, 5) is 4.14. The summed E-state index contributed by atoms with van der Waals surface area (Å²) in [7, 11) is -1.08. The van der Waals surface area contributed by atoms with Gasteiger partial charge in [-0.25, -0.2) is 4.39 Å². The molecule has 0 aliphatic carbocycles. The van der Waals surface area contributed by atoms with E-state index < -0.39 is 16.6 Å². The average molecular weight is 375 g/mol. The molecule has 0 saturated heterocycles. The summed E-state index contributed by atoms with van der Waals surface area (Å²) in [6.45, 7) is 5.56. The third-order valence-corrected chi connectivity index (χ3v) is 6.19. The summed E-state index contributed by atoms with van der Waals surface area (Å²) < 4.78 is 32.5. The summed E-state index contributed by atoms with van der Waals surface area (Å²) in [5.74, 6) is -0.0878. The van der Waals surface area contributed by atoms with Gasteiger partial charge in [0.2, 0.25) is 0 Å². The van der Waals surface area contributed by atoms with Gasteiger partial charge in [-0.3, -0.25) is 9.19 Å². The van der Waals surface area contributed by atoms with Crippen LogP contribution in [0.5, 0.6) is 0 Å². The highest BCUT2D eigenvalue weighted by Crippen LogP contribution is 2.33. The lowest BCUT2D eigenvalue weighted by atomic mass is 10.00. The summed E-state index contributed by atoms with van der Waals surface area (Å²) >= 11 is 0. The molecule has 0 amide bonds. The van der Waals surface area contributed by atoms with E-state index in [1.54, 1.807) is 30.7 Å². The quantitative estimate of drug-likeness (QED) is 0.725. The highest BCUT2D eigenvalue weighted by atomic mass is 32.2. The second-order valence-electron chi connectivity index (χ2n) is 7.17. The number of fused-ring (bicyclic) bond motifs is 1. The maximum absolute atomic E-state index is 15.1. The van der Waals surface area contributed by atoms with Crippen molar-refractivity contribution in [3.63, 3.8) is 0 Å². The molecule has 0 bridgehead atoms. The van der Waals surface area contributed by atoms with Crippen LogP contribution in [-0.2, 0) is 23.8 Å². The van der Waals surface area contributed by atoms with Crippen molar-refractivity contribution < 1.29 is 18.1 Å². The molecule has 4 nitrogen and oxygen atoms in total. The van der Waals surface area contributed by atoms with Gasteiger partial charge in [0.1, 0.15) is 5.58 Å². The molecule has 0 radical (unpaired) electrons. The molecule has 3 rings (SSSR count). The first-order valence-electron chi connectivity index (χ1n) is 8.44. The van der Waals surface area contributed by atoms with E-state index in [0.29, 0.717) is 34.4 Å². The van der Waals surface area contributed by atoms with Gasteiger partial charge < -0.3 is 9.52 Å². The molecule has 138 valence electrons. The van der Waals surface area contributed by atoms with E-state index in [9.17, 15) is 9.32 Å². The fourth-order valence-electron chi connectivity index (χ4n) is 2.80. The topological polar surface area (TPSA) is 63.3 Å². The Labute approximate surface area is 154 Å². The van der Waals surface area contributed by atoms with Gasteiger partial charge in [-0.1, -0.05) is 0 Å². The van der Waals surface area contributed by atoms with Crippen LogP contribution >= 0.6 is 0 Å². The zero-order valence-corrected chi connectivity index (χ0v) is 15.9. The standard InChI is InChI=1S/C20H22FNO3S/c1-20(2,3)26(24)9-6-17-18(21)15(4-7-22-17)16-11-13(12-23)10-14-5-8-25-19(14)16/h4-5,7-8,10-11,23H,6,9,12H2,1-3H3/t26-/m0/s1. The van der Waals surface area contributed by atoms with Gasteiger partial charge in [0.05, 0.1) is 18.6 Å². The number of aromatic nitrogens is 1. The predicted molar refractivity (Wildman–Crippen MR) is 102 cm³/mol. The van der Waals surface area contributed by atoms with E-state index in [-0.39, 0.29) is 17.0 Å². The number of furan rings is 1. The molecule has 2 aromatic heterocycles. The molecular weight excluding hydrogens is 353 g/mol. The zero-order chi connectivity index (χ0) is 18.9. The lowest BCUT2D eigenvalue weighted by Gasteiger charge is -2.17. The van der Waals surface area contributed by atoms with Gasteiger partial charge in [0.25, 0.3) is 0 Å². The first-order valence-corrected chi connectivity index (χ1v) is 9.76. The minimum Gasteiger partial charge on any atom is -0.464 e. The molecule has 2 heterocycles. The number of hydrogen-bond donors (Lipinski definition) is 1. The van der Waals surface area contributed by atoms with E-state index in [4.69, 9.17) is 4.42 Å². The third-order valence-electron chi connectivity index (χ3n) is 4.25. The number of benzene rings is 1. The molecule has 0 unspecified atom stereocenters. The van der Waals surface area contributed by atoms with Gasteiger partial charge in [-0.2, -0.15) is 0 Å². The Balaban J connectivity index is 2.00. The molecule has 6 heteroatoms. The number of rotatable bonds is 5. The normalized spacial score (nSPS) is 13.3. The van der Waals surface area contributed by atoms with Gasteiger partial charge in [0, 0.05) is 50.4 Å². The number of hydrogen-bond acceptors (Lipinski definition) is 4. The summed E-state index contributed by atoms with van der Waals surface area (Å²) in [6, 6.07) is 6.92. The van der Waals surface area contributed by atoms with Crippen LogP contribution in [-0.4, -0.2) is 24.8 Å². The second-order valence-corrected chi connectivity index (χ2v) is 9.50. The van der Waals surface area contributed by atoms with Gasteiger partial charge in [-0.15, -0.1) is 0 Å². The highest BCUT2D eigenvalue weighted by Gasteiger charge is 2.21. The Hall–Kier alpha value is -2.05. The number of aliphatic hydroxyl groups is 1. The van der Waals surface area contributed by atoms with Crippen molar-refractivity contribution in [2.45, 2.75) is 38.5 Å². The number of pyridine rings is 1. The molecule has 0 spiro atoms. The van der Waals surface area contributed by atoms with E-state index in [1.165, 1.54) is 0 Å². The van der Waals surface area contributed by atoms with Gasteiger partial charge in [-0.05, 0) is 50.6 Å². The van der Waals surface area contributed by atoms with Crippen LogP contribution in [0.4, 0.5) is 4.39 Å². The molecule has 1 atom stereocenters. The van der Waals surface area contributed by atoms with Crippen LogP contribution in [0.1, 0.15) is 32.0 Å². The van der Waals surface area contributed by atoms with Crippen molar-refractivity contribution in [1.82, 2.24) is 4.98 Å². The fraction of sp³-hybridized carbons (Fsp3) is 0.350. The first kappa shape index (κ1) is 18.7. The second kappa shape index (κ2) is 7.29. The molecule has 26 heavy (non-hydrogen) atoms. The smallest absolute Gasteiger partial charge is 0.152 e. The molecule has 0 aliphatic heterocycles. The zero-order valence-electron chi connectivity index (χ0n) is 15.1. The molecule has 1 aromatic carbocycles. The number of halogens is 1. The SMILES string of the molecule is CC(C)(C)[S@@](=O)CCc1nccc(-c2cc(CO)cc3ccoc23)c1F. The van der Waals surface area contributed by atoms with Gasteiger partial charge in [0.15, 0.2) is 5.82 Å². The first-order chi connectivity index (χ1) is 12.3. The minimum atomic E-state index is -1.08. The molecule has 1 N–H and O–H groups in total. The van der Waals surface area contributed by atoms with Crippen molar-refractivity contribution in [1.29, 1.82) is 0 Å². The van der Waals surface area contributed by atoms with Crippen molar-refractivity contribution >= 4 is 21.8 Å². The van der Waals surface area contributed by atoms with E-state index in [0.717, 1.165) is 5.39 Å². The molecule has 0 fully saturated rings. The third kappa shape index (κ3) is 3.71. The van der Waals surface area contributed by atoms with Crippen LogP contribution in [0.2, 0.25) is 0 Å². The van der Waals surface area contributed by atoms with Crippen LogP contribution in [0.25, 0.3) is 22.1 Å². The summed E-state index contributed by atoms with van der Waals surface area (Å²) in [5.41, 5.74) is 2.48. The Bertz CT molecular complexity index is 959. The summed E-state index contributed by atoms with van der Waals surface area (Å²) in [5, 5.41) is 10.3. The molecule has 0 aliphatic rings. The lowest BCUT2D eigenvalue weighted by molar-refractivity contribution is 0.282. The molecule has 0 saturated carbocycles. The monoisotopic (exact) mass is 375 g/mol. The Morgan fingerprint density at radius 1 is 1.23 bits per heavy atom. The highest BCUT2D eigenvalue weighted by molar-refractivity contribution is 7.86. The van der Waals surface area contributed by atoms with Crippen molar-refractivity contribution in [3.8, 4) is 11.1 Å². The number of aliphatic hydroxyl groups excluding tert-OH is 1. The maximum Gasteiger partial charge on any atom is 0.152 e. The predicted octanol–water partition coefficient (Wildman–Crippen LogP) is 4.22. The maximum atomic E-state index is 15.1. The minimum absolute atomic E-state index is 0.141. The Kier molecular flexibility index (Phi) is 5.25. The fourth-order valence-corrected chi connectivity index (χ4v) is 3.79. The largest absolute Gasteiger partial charge is 0.464 e. The van der Waals surface area contributed by atoms with E-state index in [1.807, 2.05) is 26.8 Å². The Morgan fingerprint density at radius 2 is 2.00 bits per heavy atom. The van der Waals surface area contributed by atoms with Crippen LogP contribution in [0.3, 0.4) is 0 Å². The van der Waals surface area contributed by atoms with Crippen LogP contribution in [0, 0.1) is 5.82 Å². The van der Waals surface area contributed by atoms with Gasteiger partial charge >= 0.3 is 0 Å². The number of aryl methyl sites for hydroxylation is 1. The average Bonchev–Trinajstić information content (AvgIpc) is 3.07. The van der Waals surface area contributed by atoms with Crippen molar-refractivity contribution in [2.75, 3.05) is 5.75 Å². The lowest BCUT2D eigenvalue weighted by Crippen LogP contribution is -2.25. The van der Waals surface area contributed by atoms with E-state index in [2.05, 4.69) is 4.98 Å².